The molecule has 0 radical (unpaired) electrons. The Morgan fingerprint density at radius 1 is 1.27 bits per heavy atom. The lowest BCUT2D eigenvalue weighted by atomic mass is 10.2. The molecule has 1 heterocycles. The molecule has 0 saturated carbocycles. The average Bonchev–Trinajstić information content (AvgIpc) is 2.85. The van der Waals surface area contributed by atoms with Crippen LogP contribution >= 0.6 is 28.1 Å². The highest BCUT2D eigenvalue weighted by atomic mass is 79.9. The van der Waals surface area contributed by atoms with Crippen molar-refractivity contribution in [1.29, 1.82) is 0 Å². The number of aromatic hydroxyl groups is 1. The summed E-state index contributed by atoms with van der Waals surface area (Å²) in [6.07, 6.45) is 0. The van der Waals surface area contributed by atoms with Gasteiger partial charge in [-0.15, -0.1) is 10.2 Å². The molecule has 7 nitrogen and oxygen atoms in total. The zero-order valence-electron chi connectivity index (χ0n) is 13.4. The number of halogens is 1. The molecule has 3 rings (SSSR count). The van der Waals surface area contributed by atoms with E-state index < -0.39 is 0 Å². The van der Waals surface area contributed by atoms with Gasteiger partial charge >= 0.3 is 0 Å². The van der Waals surface area contributed by atoms with Crippen LogP contribution < -0.4 is 11.1 Å². The van der Waals surface area contributed by atoms with Gasteiger partial charge in [0.25, 0.3) is 0 Å². The maximum absolute atomic E-state index is 12.4. The van der Waals surface area contributed by atoms with Gasteiger partial charge in [0.2, 0.25) is 16.9 Å². The number of carbonyl (C=O) groups excluding carboxylic acids is 1. The lowest BCUT2D eigenvalue weighted by molar-refractivity contribution is -0.116. The first-order chi connectivity index (χ1) is 12.5. The SMILES string of the molecule is NC(=S)N=Nc1c(O)n(CC(=O)Nc2ccccc2)c2ccc(Br)cc12. The number of amides is 1. The number of azo groups is 1. The van der Waals surface area contributed by atoms with Crippen LogP contribution in [-0.2, 0) is 11.3 Å². The van der Waals surface area contributed by atoms with Crippen LogP contribution in [-0.4, -0.2) is 20.7 Å². The Morgan fingerprint density at radius 2 is 2.00 bits per heavy atom. The molecule has 0 spiro atoms. The highest BCUT2D eigenvalue weighted by molar-refractivity contribution is 9.10. The van der Waals surface area contributed by atoms with E-state index in [9.17, 15) is 9.90 Å². The molecule has 2 aromatic carbocycles. The monoisotopic (exact) mass is 431 g/mol. The van der Waals surface area contributed by atoms with Crippen LogP contribution in [0.15, 0.2) is 63.2 Å². The number of hydrogen-bond acceptors (Lipinski definition) is 4. The quantitative estimate of drug-likeness (QED) is 0.427. The molecule has 0 saturated heterocycles. The van der Waals surface area contributed by atoms with Crippen LogP contribution in [0.2, 0.25) is 0 Å². The van der Waals surface area contributed by atoms with E-state index in [0.29, 0.717) is 16.6 Å². The number of nitrogens with two attached hydrogens (primary N) is 1. The van der Waals surface area contributed by atoms with E-state index in [2.05, 4.69) is 31.5 Å². The zero-order chi connectivity index (χ0) is 18.7. The summed E-state index contributed by atoms with van der Waals surface area (Å²) in [5, 5.41) is 21.4. The molecule has 0 aliphatic heterocycles. The van der Waals surface area contributed by atoms with Gasteiger partial charge < -0.3 is 20.7 Å². The lowest BCUT2D eigenvalue weighted by Gasteiger charge is -2.08. The van der Waals surface area contributed by atoms with Crippen molar-refractivity contribution in [3.63, 3.8) is 0 Å². The van der Waals surface area contributed by atoms with Crippen molar-refractivity contribution in [2.75, 3.05) is 5.32 Å². The van der Waals surface area contributed by atoms with Gasteiger partial charge in [-0.1, -0.05) is 34.1 Å². The molecule has 9 heteroatoms. The van der Waals surface area contributed by atoms with Crippen molar-refractivity contribution in [3.8, 4) is 5.88 Å². The van der Waals surface area contributed by atoms with Crippen LogP contribution in [0.4, 0.5) is 11.4 Å². The minimum atomic E-state index is -0.288. The number of nitrogens with zero attached hydrogens (tertiary/aromatic N) is 3. The molecule has 26 heavy (non-hydrogen) atoms. The smallest absolute Gasteiger partial charge is 0.244 e. The molecule has 3 aromatic rings. The van der Waals surface area contributed by atoms with Gasteiger partial charge in [0.05, 0.1) is 5.52 Å². The number of rotatable bonds is 4. The van der Waals surface area contributed by atoms with Crippen molar-refractivity contribution in [2.45, 2.75) is 6.54 Å². The first-order valence-electron chi connectivity index (χ1n) is 7.52. The molecule has 0 unspecified atom stereocenters. The molecular formula is C17H14BrN5O2S. The van der Waals surface area contributed by atoms with E-state index >= 15 is 0 Å². The Kier molecular flexibility index (Phi) is 5.29. The van der Waals surface area contributed by atoms with E-state index in [1.807, 2.05) is 24.3 Å². The second kappa shape index (κ2) is 7.63. The van der Waals surface area contributed by atoms with Crippen molar-refractivity contribution in [3.05, 3.63) is 53.0 Å². The van der Waals surface area contributed by atoms with E-state index in [4.69, 9.17) is 18.0 Å². The molecule has 4 N–H and O–H groups in total. The van der Waals surface area contributed by atoms with Crippen molar-refractivity contribution in [2.24, 2.45) is 16.0 Å². The summed E-state index contributed by atoms with van der Waals surface area (Å²) in [5.41, 5.74) is 6.84. The molecule has 0 atom stereocenters. The number of para-hydroxylation sites is 1. The van der Waals surface area contributed by atoms with E-state index in [0.717, 1.165) is 4.47 Å². The van der Waals surface area contributed by atoms with Gasteiger partial charge in [-0.05, 0) is 42.5 Å². The molecule has 0 aliphatic rings. The fourth-order valence-electron chi connectivity index (χ4n) is 2.52. The van der Waals surface area contributed by atoms with Crippen LogP contribution in [0.5, 0.6) is 5.88 Å². The first-order valence-corrected chi connectivity index (χ1v) is 8.72. The van der Waals surface area contributed by atoms with Gasteiger partial charge in [0.15, 0.2) is 5.69 Å². The summed E-state index contributed by atoms with van der Waals surface area (Å²) in [6, 6.07) is 14.4. The standard InChI is InChI=1S/C17H14BrN5O2S/c18-10-6-7-13-12(8-10)15(21-22-17(19)26)16(25)23(13)9-14(24)20-11-4-2-1-3-5-11/h1-8,25H,9H2,(H2,19,26)(H,20,24). The highest BCUT2D eigenvalue weighted by Crippen LogP contribution is 2.40. The number of thiocarbonyl (C=S) groups is 1. The Bertz CT molecular complexity index is 1020. The minimum absolute atomic E-state index is 0.0958. The number of hydrogen-bond donors (Lipinski definition) is 3. The maximum Gasteiger partial charge on any atom is 0.244 e. The van der Waals surface area contributed by atoms with Crippen LogP contribution in [0.25, 0.3) is 10.9 Å². The number of anilines is 1. The minimum Gasteiger partial charge on any atom is -0.493 e. The van der Waals surface area contributed by atoms with Crippen molar-refractivity contribution < 1.29 is 9.90 Å². The molecule has 1 amide bonds. The van der Waals surface area contributed by atoms with Crippen LogP contribution in [0.1, 0.15) is 0 Å². The Morgan fingerprint density at radius 3 is 2.69 bits per heavy atom. The van der Waals surface area contributed by atoms with Crippen molar-refractivity contribution >= 4 is 61.4 Å². The number of aromatic nitrogens is 1. The third-order valence-corrected chi connectivity index (χ3v) is 4.15. The van der Waals surface area contributed by atoms with E-state index in [1.165, 1.54) is 4.57 Å². The first kappa shape index (κ1) is 18.0. The van der Waals surface area contributed by atoms with Crippen LogP contribution in [0.3, 0.4) is 0 Å². The van der Waals surface area contributed by atoms with Gasteiger partial charge in [-0.3, -0.25) is 4.79 Å². The third-order valence-electron chi connectivity index (χ3n) is 3.58. The Hall–Kier alpha value is -2.78. The number of carbonyl (C=O) groups is 1. The highest BCUT2D eigenvalue weighted by Gasteiger charge is 2.19. The second-order valence-corrected chi connectivity index (χ2v) is 6.71. The van der Waals surface area contributed by atoms with Gasteiger partial charge in [-0.25, -0.2) is 0 Å². The number of fused-ring (bicyclic) bond motifs is 1. The Labute approximate surface area is 162 Å². The van der Waals surface area contributed by atoms with Gasteiger partial charge in [0, 0.05) is 15.5 Å². The van der Waals surface area contributed by atoms with Crippen LogP contribution in [0, 0.1) is 0 Å². The third kappa shape index (κ3) is 3.89. The predicted octanol–water partition coefficient (Wildman–Crippen LogP) is 4.08. The molecule has 132 valence electrons. The maximum atomic E-state index is 12.4. The molecule has 0 fully saturated rings. The molecule has 0 aliphatic carbocycles. The summed E-state index contributed by atoms with van der Waals surface area (Å²) >= 11 is 8.07. The summed E-state index contributed by atoms with van der Waals surface area (Å²) in [4.78, 5) is 12.4. The summed E-state index contributed by atoms with van der Waals surface area (Å²) in [7, 11) is 0. The predicted molar refractivity (Wildman–Crippen MR) is 108 cm³/mol. The second-order valence-electron chi connectivity index (χ2n) is 5.37. The summed E-state index contributed by atoms with van der Waals surface area (Å²) in [5.74, 6) is -0.481. The fraction of sp³-hybridized carbons (Fsp3) is 0.0588. The Balaban J connectivity index is 1.98. The number of benzene rings is 2. The van der Waals surface area contributed by atoms with E-state index in [-0.39, 0.29) is 29.1 Å². The molecular weight excluding hydrogens is 418 g/mol. The summed E-state index contributed by atoms with van der Waals surface area (Å²) in [6.45, 7) is -0.0958. The van der Waals surface area contributed by atoms with Gasteiger partial charge in [0.1, 0.15) is 6.54 Å². The molecule has 1 aromatic heterocycles. The normalized spacial score (nSPS) is 11.1. The summed E-state index contributed by atoms with van der Waals surface area (Å²) < 4.78 is 2.25. The average molecular weight is 432 g/mol. The van der Waals surface area contributed by atoms with Gasteiger partial charge in [-0.2, -0.15) is 0 Å². The lowest BCUT2D eigenvalue weighted by Crippen LogP contribution is -2.18. The van der Waals surface area contributed by atoms with E-state index in [1.54, 1.807) is 24.3 Å². The largest absolute Gasteiger partial charge is 0.493 e. The molecule has 0 bridgehead atoms. The fourth-order valence-corrected chi connectivity index (χ4v) is 2.92. The topological polar surface area (TPSA) is 105 Å². The zero-order valence-corrected chi connectivity index (χ0v) is 15.8. The number of nitrogens with one attached hydrogen (secondary N) is 1. The van der Waals surface area contributed by atoms with Crippen molar-refractivity contribution in [1.82, 2.24) is 4.57 Å².